The third-order valence-electron chi connectivity index (χ3n) is 3.91. The van der Waals surface area contributed by atoms with Crippen molar-refractivity contribution in [3.63, 3.8) is 0 Å². The van der Waals surface area contributed by atoms with Crippen LogP contribution in [0.2, 0.25) is 0 Å². The van der Waals surface area contributed by atoms with Crippen molar-refractivity contribution in [1.82, 2.24) is 15.6 Å². The molecule has 8 heteroatoms. The number of alkyl halides is 4. The van der Waals surface area contributed by atoms with Crippen LogP contribution in [0.15, 0.2) is 18.3 Å². The second-order valence-electron chi connectivity index (χ2n) is 5.82. The van der Waals surface area contributed by atoms with Crippen LogP contribution in [0.1, 0.15) is 30.5 Å². The van der Waals surface area contributed by atoms with E-state index >= 15 is 0 Å². The largest absolute Gasteiger partial charge is 0.433 e. The number of carbonyl (C=O) groups excluding carboxylic acids is 1. The van der Waals surface area contributed by atoms with E-state index in [1.165, 1.54) is 6.07 Å². The highest BCUT2D eigenvalue weighted by atomic mass is 19.4. The molecule has 0 unspecified atom stereocenters. The van der Waals surface area contributed by atoms with Crippen LogP contribution in [0.25, 0.3) is 0 Å². The van der Waals surface area contributed by atoms with E-state index in [4.69, 9.17) is 0 Å². The summed E-state index contributed by atoms with van der Waals surface area (Å²) in [5, 5.41) is 5.14. The zero-order valence-corrected chi connectivity index (χ0v) is 10.9. The van der Waals surface area contributed by atoms with Gasteiger partial charge in [0.15, 0.2) is 0 Å². The van der Waals surface area contributed by atoms with E-state index < -0.39 is 29.1 Å². The van der Waals surface area contributed by atoms with Crippen LogP contribution in [0.4, 0.5) is 22.4 Å². The standard InChI is InChI=1S/C13H13F4N3O/c14-11-5-12(6-11,7-11)20-10(21)19-4-8-1-2-18-9(3-8)13(15,16)17/h1-3H,4-7H2,(H2,19,20,21). The number of urea groups is 1. The van der Waals surface area contributed by atoms with E-state index in [1.54, 1.807) is 0 Å². The molecule has 4 rings (SSSR count). The van der Waals surface area contributed by atoms with Gasteiger partial charge in [0.25, 0.3) is 0 Å². The molecule has 0 radical (unpaired) electrons. The first kappa shape index (κ1) is 14.1. The normalized spacial score (nSPS) is 30.1. The van der Waals surface area contributed by atoms with Crippen molar-refractivity contribution < 1.29 is 22.4 Å². The lowest BCUT2D eigenvalue weighted by Gasteiger charge is -2.65. The van der Waals surface area contributed by atoms with Crippen LogP contribution in [0.3, 0.4) is 0 Å². The Balaban J connectivity index is 1.52. The van der Waals surface area contributed by atoms with Gasteiger partial charge in [-0.1, -0.05) is 0 Å². The summed E-state index contributed by atoms with van der Waals surface area (Å²) in [6.45, 7) is -0.0473. The number of aromatic nitrogens is 1. The minimum Gasteiger partial charge on any atom is -0.334 e. The van der Waals surface area contributed by atoms with Gasteiger partial charge in [-0.15, -0.1) is 0 Å². The van der Waals surface area contributed by atoms with E-state index in [0.29, 0.717) is 24.8 Å². The summed E-state index contributed by atoms with van der Waals surface area (Å²) in [4.78, 5) is 14.9. The molecule has 114 valence electrons. The van der Waals surface area contributed by atoms with Gasteiger partial charge < -0.3 is 10.6 Å². The van der Waals surface area contributed by atoms with Crippen LogP contribution in [0.5, 0.6) is 0 Å². The Bertz CT molecular complexity index is 567. The molecule has 1 aromatic heterocycles. The van der Waals surface area contributed by atoms with Crippen molar-refractivity contribution in [2.45, 2.75) is 43.2 Å². The molecule has 0 aromatic carbocycles. The monoisotopic (exact) mass is 303 g/mol. The molecule has 3 saturated carbocycles. The van der Waals surface area contributed by atoms with Crippen LogP contribution >= 0.6 is 0 Å². The SMILES string of the molecule is O=C(NCc1ccnc(C(F)(F)F)c1)NC12CC(F)(C1)C2. The predicted molar refractivity (Wildman–Crippen MR) is 65.0 cm³/mol. The highest BCUT2D eigenvalue weighted by molar-refractivity contribution is 5.75. The third kappa shape index (κ3) is 2.66. The second-order valence-corrected chi connectivity index (χ2v) is 5.82. The van der Waals surface area contributed by atoms with E-state index in [2.05, 4.69) is 15.6 Å². The molecule has 0 aliphatic heterocycles. The van der Waals surface area contributed by atoms with Gasteiger partial charge in [-0.2, -0.15) is 13.2 Å². The van der Waals surface area contributed by atoms with Gasteiger partial charge in [-0.25, -0.2) is 9.18 Å². The Kier molecular flexibility index (Phi) is 2.90. The average Bonchev–Trinajstić information content (AvgIpc) is 2.32. The van der Waals surface area contributed by atoms with Crippen molar-refractivity contribution in [3.05, 3.63) is 29.6 Å². The summed E-state index contributed by atoms with van der Waals surface area (Å²) in [5.41, 5.74) is -2.26. The molecular weight excluding hydrogens is 290 g/mol. The van der Waals surface area contributed by atoms with Crippen LogP contribution in [0, 0.1) is 0 Å². The minimum absolute atomic E-state index is 0.0473. The first-order chi connectivity index (χ1) is 9.70. The zero-order chi connectivity index (χ0) is 15.3. The van der Waals surface area contributed by atoms with Crippen molar-refractivity contribution in [2.24, 2.45) is 0 Å². The number of carbonyl (C=O) groups is 1. The lowest BCUT2D eigenvalue weighted by molar-refractivity contribution is -0.162. The van der Waals surface area contributed by atoms with Crippen LogP contribution in [-0.4, -0.2) is 22.2 Å². The summed E-state index contributed by atoms with van der Waals surface area (Å²) in [7, 11) is 0. The van der Waals surface area contributed by atoms with Crippen molar-refractivity contribution in [1.29, 1.82) is 0 Å². The van der Waals surface area contributed by atoms with Gasteiger partial charge in [0.1, 0.15) is 11.4 Å². The van der Waals surface area contributed by atoms with Crippen LogP contribution < -0.4 is 10.6 Å². The Morgan fingerprint density at radius 3 is 2.57 bits per heavy atom. The quantitative estimate of drug-likeness (QED) is 0.843. The Hall–Kier alpha value is -1.86. The molecule has 3 aliphatic rings. The Labute approximate surface area is 117 Å². The number of pyridine rings is 1. The van der Waals surface area contributed by atoms with E-state index in [9.17, 15) is 22.4 Å². The van der Waals surface area contributed by atoms with Gasteiger partial charge in [0.05, 0.1) is 5.54 Å². The number of hydrogen-bond acceptors (Lipinski definition) is 2. The number of nitrogens with one attached hydrogen (secondary N) is 2. The summed E-state index contributed by atoms with van der Waals surface area (Å²) in [6.07, 6.45) is -2.51. The first-order valence-corrected chi connectivity index (χ1v) is 6.47. The maximum Gasteiger partial charge on any atom is 0.433 e. The van der Waals surface area contributed by atoms with E-state index in [1.807, 2.05) is 0 Å². The summed E-state index contributed by atoms with van der Waals surface area (Å²) in [6, 6.07) is 1.78. The number of halogens is 4. The molecule has 2 bridgehead atoms. The Morgan fingerprint density at radius 1 is 1.33 bits per heavy atom. The molecule has 1 heterocycles. The van der Waals surface area contributed by atoms with Gasteiger partial charge in [-0.05, 0) is 17.7 Å². The number of amides is 2. The zero-order valence-electron chi connectivity index (χ0n) is 10.9. The molecule has 1 aromatic rings. The van der Waals surface area contributed by atoms with E-state index in [0.717, 1.165) is 12.3 Å². The fourth-order valence-electron chi connectivity index (χ4n) is 3.00. The molecule has 2 N–H and O–H groups in total. The molecular formula is C13H13F4N3O. The number of rotatable bonds is 3. The minimum atomic E-state index is -4.51. The first-order valence-electron chi connectivity index (χ1n) is 6.47. The summed E-state index contributed by atoms with van der Waals surface area (Å²) < 4.78 is 50.7. The molecule has 0 saturated heterocycles. The van der Waals surface area contributed by atoms with Gasteiger partial charge in [0, 0.05) is 32.0 Å². The highest BCUT2D eigenvalue weighted by Gasteiger charge is 2.69. The topological polar surface area (TPSA) is 54.0 Å². The average molecular weight is 303 g/mol. The number of nitrogens with zero attached hydrogens (tertiary/aromatic N) is 1. The molecule has 3 aliphatic carbocycles. The second kappa shape index (κ2) is 4.32. The van der Waals surface area contributed by atoms with Gasteiger partial charge >= 0.3 is 12.2 Å². The molecule has 4 nitrogen and oxygen atoms in total. The van der Waals surface area contributed by atoms with Crippen molar-refractivity contribution >= 4 is 6.03 Å². The van der Waals surface area contributed by atoms with Crippen LogP contribution in [-0.2, 0) is 12.7 Å². The molecule has 0 atom stereocenters. The molecule has 3 fully saturated rings. The van der Waals surface area contributed by atoms with Crippen molar-refractivity contribution in [2.75, 3.05) is 0 Å². The fraction of sp³-hybridized carbons (Fsp3) is 0.538. The lowest BCUT2D eigenvalue weighted by atomic mass is 9.47. The summed E-state index contributed by atoms with van der Waals surface area (Å²) >= 11 is 0. The molecule has 2 amide bonds. The van der Waals surface area contributed by atoms with E-state index in [-0.39, 0.29) is 6.54 Å². The molecule has 21 heavy (non-hydrogen) atoms. The maximum atomic E-state index is 13.3. The van der Waals surface area contributed by atoms with Crippen molar-refractivity contribution in [3.8, 4) is 0 Å². The third-order valence-corrected chi connectivity index (χ3v) is 3.91. The van der Waals surface area contributed by atoms with Gasteiger partial charge in [0.2, 0.25) is 0 Å². The lowest BCUT2D eigenvalue weighted by Crippen LogP contribution is -2.77. The Morgan fingerprint density at radius 2 is 2.00 bits per heavy atom. The van der Waals surface area contributed by atoms with Gasteiger partial charge in [-0.3, -0.25) is 4.98 Å². The fourth-order valence-corrected chi connectivity index (χ4v) is 3.00. The number of hydrogen-bond donors (Lipinski definition) is 2. The molecule has 0 spiro atoms. The smallest absolute Gasteiger partial charge is 0.334 e. The maximum absolute atomic E-state index is 13.3. The highest BCUT2D eigenvalue weighted by Crippen LogP contribution is 2.62. The summed E-state index contributed by atoms with van der Waals surface area (Å²) in [5.74, 6) is 0. The predicted octanol–water partition coefficient (Wildman–Crippen LogP) is 2.54.